The number of carbonyl (C=O) groups excluding carboxylic acids is 1. The van der Waals surface area contributed by atoms with Gasteiger partial charge in [-0.25, -0.2) is 8.78 Å². The van der Waals surface area contributed by atoms with Crippen molar-refractivity contribution in [3.63, 3.8) is 0 Å². The van der Waals surface area contributed by atoms with E-state index in [9.17, 15) is 13.6 Å². The number of aromatic nitrogens is 2. The highest BCUT2D eigenvalue weighted by molar-refractivity contribution is 6.30. The zero-order chi connectivity index (χ0) is 22.5. The van der Waals surface area contributed by atoms with Gasteiger partial charge in [0.15, 0.2) is 5.78 Å². The number of carbonyl (C=O) groups is 1. The van der Waals surface area contributed by atoms with Crippen LogP contribution >= 0.6 is 11.6 Å². The van der Waals surface area contributed by atoms with E-state index in [1.54, 1.807) is 23.0 Å². The van der Waals surface area contributed by atoms with Gasteiger partial charge in [-0.15, -0.1) is 0 Å². The monoisotopic (exact) mass is 452 g/mol. The molecule has 32 heavy (non-hydrogen) atoms. The molecular formula is C25H19ClF2N2O2. The van der Waals surface area contributed by atoms with Crippen LogP contribution in [0.5, 0.6) is 5.75 Å². The molecular weight excluding hydrogens is 434 g/mol. The van der Waals surface area contributed by atoms with Gasteiger partial charge in [-0.3, -0.25) is 9.48 Å². The molecule has 7 heteroatoms. The van der Waals surface area contributed by atoms with Crippen LogP contribution < -0.4 is 4.74 Å². The van der Waals surface area contributed by atoms with E-state index in [-0.39, 0.29) is 11.3 Å². The summed E-state index contributed by atoms with van der Waals surface area (Å²) in [5, 5.41) is 4.82. The lowest BCUT2D eigenvalue weighted by atomic mass is 10.1. The van der Waals surface area contributed by atoms with Gasteiger partial charge in [-0.05, 0) is 35.9 Å². The minimum Gasteiger partial charge on any atom is -0.488 e. The summed E-state index contributed by atoms with van der Waals surface area (Å²) in [5.74, 6) is -1.36. The van der Waals surface area contributed by atoms with E-state index in [2.05, 4.69) is 5.10 Å². The normalized spacial score (nSPS) is 10.8. The summed E-state index contributed by atoms with van der Waals surface area (Å²) in [6.45, 7) is 0.716. The van der Waals surface area contributed by atoms with Crippen LogP contribution in [0.2, 0.25) is 5.02 Å². The molecule has 0 spiro atoms. The number of halogens is 3. The first-order valence-corrected chi connectivity index (χ1v) is 10.3. The van der Waals surface area contributed by atoms with E-state index in [0.29, 0.717) is 23.9 Å². The largest absolute Gasteiger partial charge is 0.488 e. The van der Waals surface area contributed by atoms with Crippen molar-refractivity contribution in [1.82, 2.24) is 9.78 Å². The molecule has 0 fully saturated rings. The number of Topliss-reactive ketones (excluding diaryl/α,β-unsaturated/α-hetero) is 1. The highest BCUT2D eigenvalue weighted by Gasteiger charge is 2.17. The average molecular weight is 453 g/mol. The summed E-state index contributed by atoms with van der Waals surface area (Å²) in [4.78, 5) is 12.5. The van der Waals surface area contributed by atoms with Crippen LogP contribution in [0, 0.1) is 11.6 Å². The highest BCUT2D eigenvalue weighted by Crippen LogP contribution is 2.25. The van der Waals surface area contributed by atoms with Gasteiger partial charge < -0.3 is 4.74 Å². The lowest BCUT2D eigenvalue weighted by Gasteiger charge is -2.12. The summed E-state index contributed by atoms with van der Waals surface area (Å²) in [5.41, 5.74) is 1.72. The van der Waals surface area contributed by atoms with E-state index in [4.69, 9.17) is 16.3 Å². The average Bonchev–Trinajstić information content (AvgIpc) is 3.26. The van der Waals surface area contributed by atoms with Gasteiger partial charge in [-0.1, -0.05) is 54.1 Å². The lowest BCUT2D eigenvalue weighted by molar-refractivity contribution is 0.0985. The first-order chi connectivity index (χ1) is 15.5. The molecule has 0 N–H and O–H groups in total. The molecule has 1 heterocycles. The second-order valence-electron chi connectivity index (χ2n) is 7.23. The Morgan fingerprint density at radius 3 is 2.47 bits per heavy atom. The first-order valence-electron chi connectivity index (χ1n) is 9.94. The van der Waals surface area contributed by atoms with Gasteiger partial charge in [0.25, 0.3) is 0 Å². The van der Waals surface area contributed by atoms with Crippen LogP contribution in [0.1, 0.15) is 27.2 Å². The minimum absolute atomic E-state index is 0.133. The molecule has 0 saturated carbocycles. The highest BCUT2D eigenvalue weighted by atomic mass is 35.5. The molecule has 0 radical (unpaired) electrons. The Bertz CT molecular complexity index is 1220. The molecule has 0 amide bonds. The van der Waals surface area contributed by atoms with Crippen LogP contribution in [0.15, 0.2) is 79.0 Å². The van der Waals surface area contributed by atoms with Gasteiger partial charge in [0.05, 0.1) is 6.54 Å². The molecule has 0 aliphatic heterocycles. The van der Waals surface area contributed by atoms with Crippen LogP contribution in [0.25, 0.3) is 0 Å². The molecule has 4 rings (SSSR count). The molecule has 0 bridgehead atoms. The number of rotatable bonds is 8. The van der Waals surface area contributed by atoms with Gasteiger partial charge in [0.2, 0.25) is 0 Å². The quantitative estimate of drug-likeness (QED) is 0.314. The Hall–Kier alpha value is -3.51. The fourth-order valence-electron chi connectivity index (χ4n) is 3.25. The second kappa shape index (κ2) is 9.75. The molecule has 4 aromatic rings. The van der Waals surface area contributed by atoms with Crippen molar-refractivity contribution in [1.29, 1.82) is 0 Å². The fraction of sp³-hybridized carbons (Fsp3) is 0.120. The topological polar surface area (TPSA) is 44.1 Å². The van der Waals surface area contributed by atoms with Crippen molar-refractivity contribution in [3.05, 3.63) is 118 Å². The lowest BCUT2D eigenvalue weighted by Crippen LogP contribution is -2.10. The van der Waals surface area contributed by atoms with Crippen molar-refractivity contribution >= 4 is 17.4 Å². The fourth-order valence-corrected chi connectivity index (χ4v) is 3.42. The summed E-state index contributed by atoms with van der Waals surface area (Å²) in [6.07, 6.45) is 1.24. The second-order valence-corrected chi connectivity index (χ2v) is 7.66. The third-order valence-corrected chi connectivity index (χ3v) is 5.16. The Morgan fingerprint density at radius 1 is 0.969 bits per heavy atom. The Morgan fingerprint density at radius 2 is 1.72 bits per heavy atom. The molecule has 0 aliphatic carbocycles. The Balaban J connectivity index is 1.48. The number of ketones is 1. The van der Waals surface area contributed by atoms with Crippen LogP contribution in [0.4, 0.5) is 8.78 Å². The van der Waals surface area contributed by atoms with Gasteiger partial charge in [-0.2, -0.15) is 5.10 Å². The smallest absolute Gasteiger partial charge is 0.187 e. The molecule has 0 unspecified atom stereocenters. The Labute approximate surface area is 189 Å². The van der Waals surface area contributed by atoms with E-state index >= 15 is 0 Å². The summed E-state index contributed by atoms with van der Waals surface area (Å²) in [6, 6.07) is 20.1. The Kier molecular flexibility index (Phi) is 6.61. The molecule has 3 aromatic carbocycles. The van der Waals surface area contributed by atoms with Crippen molar-refractivity contribution < 1.29 is 18.3 Å². The summed E-state index contributed by atoms with van der Waals surface area (Å²) < 4.78 is 35.2. The molecule has 0 atom stereocenters. The standard InChI is InChI=1S/C25H19ClF2N2O2/c26-19-10-9-18(25(13-19)32-16-17-5-2-1-3-6-17)15-30-12-11-23(29-30)24(31)14-20-21(27)7-4-8-22(20)28/h1-13H,14-16H2. The van der Waals surface area contributed by atoms with Gasteiger partial charge in [0.1, 0.15) is 29.7 Å². The van der Waals surface area contributed by atoms with Crippen molar-refractivity contribution in [2.75, 3.05) is 0 Å². The van der Waals surface area contributed by atoms with Crippen LogP contribution in [-0.2, 0) is 19.6 Å². The van der Waals surface area contributed by atoms with Crippen molar-refractivity contribution in [3.8, 4) is 5.75 Å². The zero-order valence-corrected chi connectivity index (χ0v) is 17.7. The first kappa shape index (κ1) is 21.7. The van der Waals surface area contributed by atoms with Crippen molar-refractivity contribution in [2.24, 2.45) is 0 Å². The van der Waals surface area contributed by atoms with Gasteiger partial charge in [0, 0.05) is 28.8 Å². The van der Waals surface area contributed by atoms with Crippen molar-refractivity contribution in [2.45, 2.75) is 19.6 Å². The third kappa shape index (κ3) is 5.21. The molecule has 162 valence electrons. The SMILES string of the molecule is O=C(Cc1c(F)cccc1F)c1ccn(Cc2ccc(Cl)cc2OCc2ccccc2)n1. The maximum absolute atomic E-state index is 13.8. The van der Waals surface area contributed by atoms with Crippen LogP contribution in [-0.4, -0.2) is 15.6 Å². The molecule has 1 aromatic heterocycles. The molecule has 0 aliphatic rings. The summed E-state index contributed by atoms with van der Waals surface area (Å²) in [7, 11) is 0. The van der Waals surface area contributed by atoms with E-state index in [1.807, 2.05) is 36.4 Å². The maximum Gasteiger partial charge on any atom is 0.187 e. The van der Waals surface area contributed by atoms with Gasteiger partial charge >= 0.3 is 0 Å². The maximum atomic E-state index is 13.8. The number of hydrogen-bond acceptors (Lipinski definition) is 3. The predicted molar refractivity (Wildman–Crippen MR) is 118 cm³/mol. The number of benzene rings is 3. The summed E-state index contributed by atoms with van der Waals surface area (Å²) >= 11 is 6.14. The van der Waals surface area contributed by atoms with E-state index in [0.717, 1.165) is 23.3 Å². The molecule has 4 nitrogen and oxygen atoms in total. The van der Waals surface area contributed by atoms with E-state index < -0.39 is 23.8 Å². The predicted octanol–water partition coefficient (Wildman–Crippen LogP) is 5.87. The van der Waals surface area contributed by atoms with E-state index in [1.165, 1.54) is 12.1 Å². The number of ether oxygens (including phenoxy) is 1. The number of nitrogens with zero attached hydrogens (tertiary/aromatic N) is 2. The zero-order valence-electron chi connectivity index (χ0n) is 17.0. The third-order valence-electron chi connectivity index (χ3n) is 4.92. The molecule has 0 saturated heterocycles. The minimum atomic E-state index is -0.751. The van der Waals surface area contributed by atoms with Crippen LogP contribution in [0.3, 0.4) is 0 Å². The number of hydrogen-bond donors (Lipinski definition) is 0.